The van der Waals surface area contributed by atoms with Gasteiger partial charge >= 0.3 is 4.61 Å². The molecule has 0 spiro atoms. The summed E-state index contributed by atoms with van der Waals surface area (Å²) in [7, 11) is 3.63. The van der Waals surface area contributed by atoms with Crippen LogP contribution in [0.15, 0.2) is 10.4 Å². The number of nitro groups is 1. The van der Waals surface area contributed by atoms with Gasteiger partial charge in [-0.3, -0.25) is 10.1 Å². The second-order valence-electron chi connectivity index (χ2n) is 4.53. The van der Waals surface area contributed by atoms with Crippen LogP contribution in [-0.4, -0.2) is 55.1 Å². The van der Waals surface area contributed by atoms with Crippen molar-refractivity contribution in [3.63, 3.8) is 0 Å². The lowest BCUT2D eigenvalue weighted by molar-refractivity contribution is -0.412. The molecule has 1 rings (SSSR count). The molecular weight excluding hydrogens is 302 g/mol. The highest BCUT2D eigenvalue weighted by Crippen LogP contribution is 2.22. The van der Waals surface area contributed by atoms with E-state index in [2.05, 4.69) is 15.9 Å². The Morgan fingerprint density at radius 2 is 2.22 bits per heavy atom. The van der Waals surface area contributed by atoms with Gasteiger partial charge in [-0.1, -0.05) is 0 Å². The molecule has 1 aliphatic rings. The van der Waals surface area contributed by atoms with Gasteiger partial charge < -0.3 is 14.5 Å². The van der Waals surface area contributed by atoms with Crippen molar-refractivity contribution in [2.75, 3.05) is 40.4 Å². The molecule has 1 aliphatic heterocycles. The van der Waals surface area contributed by atoms with Gasteiger partial charge in [-0.2, -0.15) is 0 Å². The van der Waals surface area contributed by atoms with E-state index in [-0.39, 0.29) is 4.61 Å². The molecule has 6 nitrogen and oxygen atoms in total. The fourth-order valence-corrected chi connectivity index (χ4v) is 2.69. The van der Waals surface area contributed by atoms with E-state index in [4.69, 9.17) is 4.74 Å². The van der Waals surface area contributed by atoms with Gasteiger partial charge in [0, 0.05) is 55.6 Å². The lowest BCUT2D eigenvalue weighted by Gasteiger charge is -2.31. The summed E-state index contributed by atoms with van der Waals surface area (Å²) in [5.74, 6) is 1.06. The lowest BCUT2D eigenvalue weighted by atomic mass is 10.1. The van der Waals surface area contributed by atoms with E-state index in [0.29, 0.717) is 11.7 Å². The van der Waals surface area contributed by atoms with E-state index in [9.17, 15) is 10.1 Å². The van der Waals surface area contributed by atoms with Crippen LogP contribution in [0.25, 0.3) is 0 Å². The molecule has 0 amide bonds. The number of nitrogens with zero attached hydrogens (tertiary/aromatic N) is 3. The number of halogens is 1. The second kappa shape index (κ2) is 6.94. The molecule has 18 heavy (non-hydrogen) atoms. The number of rotatable bonds is 6. The van der Waals surface area contributed by atoms with Gasteiger partial charge in [-0.15, -0.1) is 0 Å². The third-order valence-corrected chi connectivity index (χ3v) is 3.60. The minimum Gasteiger partial charge on any atom is -0.381 e. The summed E-state index contributed by atoms with van der Waals surface area (Å²) in [6.45, 7) is 5.05. The van der Waals surface area contributed by atoms with E-state index >= 15 is 0 Å². The largest absolute Gasteiger partial charge is 0.381 e. The first kappa shape index (κ1) is 15.2. The summed E-state index contributed by atoms with van der Waals surface area (Å²) in [5.41, 5.74) is 0. The molecule has 0 N–H and O–H groups in total. The molecule has 1 saturated heterocycles. The summed E-state index contributed by atoms with van der Waals surface area (Å²) in [6.07, 6.45) is 1.02. The van der Waals surface area contributed by atoms with Crippen LogP contribution in [-0.2, 0) is 4.74 Å². The van der Waals surface area contributed by atoms with E-state index in [0.717, 1.165) is 32.7 Å². The van der Waals surface area contributed by atoms with Crippen molar-refractivity contribution in [2.24, 2.45) is 5.92 Å². The zero-order valence-electron chi connectivity index (χ0n) is 11.1. The van der Waals surface area contributed by atoms with Crippen LogP contribution in [0.2, 0.25) is 0 Å². The standard InChI is InChI=1S/C11H20BrN3O3/c1-4-14(7-9-5-6-18-8-9)11(13(2)3)10(12)15(16)17/h9H,4-8H2,1-3H3. The summed E-state index contributed by atoms with van der Waals surface area (Å²) >= 11 is 3.07. The fourth-order valence-electron chi connectivity index (χ4n) is 2.08. The Kier molecular flexibility index (Phi) is 5.87. The Morgan fingerprint density at radius 3 is 2.61 bits per heavy atom. The predicted molar refractivity (Wildman–Crippen MR) is 72.8 cm³/mol. The van der Waals surface area contributed by atoms with Crippen LogP contribution < -0.4 is 0 Å². The van der Waals surface area contributed by atoms with Crippen LogP contribution >= 0.6 is 15.9 Å². The highest BCUT2D eigenvalue weighted by Gasteiger charge is 2.26. The van der Waals surface area contributed by atoms with Crippen LogP contribution in [0.5, 0.6) is 0 Å². The smallest absolute Gasteiger partial charge is 0.350 e. The number of ether oxygens (including phenoxy) is 1. The third-order valence-electron chi connectivity index (χ3n) is 2.95. The Morgan fingerprint density at radius 1 is 1.56 bits per heavy atom. The Bertz CT molecular complexity index is 327. The predicted octanol–water partition coefficient (Wildman–Crippen LogP) is 1.70. The van der Waals surface area contributed by atoms with Crippen molar-refractivity contribution in [1.29, 1.82) is 0 Å². The monoisotopic (exact) mass is 321 g/mol. The average Bonchev–Trinajstić information content (AvgIpc) is 2.79. The molecule has 0 bridgehead atoms. The maximum atomic E-state index is 10.9. The Balaban J connectivity index is 2.87. The average molecular weight is 322 g/mol. The fraction of sp³-hybridized carbons (Fsp3) is 0.818. The molecule has 0 aliphatic carbocycles. The minimum absolute atomic E-state index is 0.00765. The molecule has 0 saturated carbocycles. The molecule has 0 aromatic heterocycles. The summed E-state index contributed by atoms with van der Waals surface area (Å²) in [6, 6.07) is 0. The molecule has 1 heterocycles. The van der Waals surface area contributed by atoms with Gasteiger partial charge in [0.25, 0.3) is 0 Å². The lowest BCUT2D eigenvalue weighted by Crippen LogP contribution is -2.36. The quantitative estimate of drug-likeness (QED) is 0.423. The van der Waals surface area contributed by atoms with Gasteiger partial charge in [0.05, 0.1) is 11.5 Å². The molecule has 0 aromatic rings. The van der Waals surface area contributed by atoms with Gasteiger partial charge in [0.2, 0.25) is 0 Å². The molecule has 1 unspecified atom stereocenters. The molecular formula is C11H20BrN3O3. The van der Waals surface area contributed by atoms with Crippen LogP contribution in [0.4, 0.5) is 0 Å². The van der Waals surface area contributed by atoms with Gasteiger partial charge in [-0.05, 0) is 13.3 Å². The Labute approximate surface area is 116 Å². The van der Waals surface area contributed by atoms with E-state index in [1.807, 2.05) is 25.9 Å². The first-order valence-corrected chi connectivity index (χ1v) is 6.80. The zero-order valence-corrected chi connectivity index (χ0v) is 12.6. The van der Waals surface area contributed by atoms with E-state index in [1.165, 1.54) is 0 Å². The first-order chi connectivity index (χ1) is 8.47. The zero-order chi connectivity index (χ0) is 13.7. The maximum Gasteiger partial charge on any atom is 0.350 e. The minimum atomic E-state index is -0.400. The van der Waals surface area contributed by atoms with Gasteiger partial charge in [0.15, 0.2) is 5.82 Å². The summed E-state index contributed by atoms with van der Waals surface area (Å²) in [5, 5.41) is 10.9. The van der Waals surface area contributed by atoms with Crippen molar-refractivity contribution in [3.8, 4) is 0 Å². The van der Waals surface area contributed by atoms with E-state index < -0.39 is 4.92 Å². The molecule has 0 aromatic carbocycles. The van der Waals surface area contributed by atoms with E-state index in [1.54, 1.807) is 4.90 Å². The molecule has 104 valence electrons. The van der Waals surface area contributed by atoms with Crippen LogP contribution in [0.1, 0.15) is 13.3 Å². The molecule has 1 fully saturated rings. The molecule has 7 heteroatoms. The van der Waals surface area contributed by atoms with Crippen molar-refractivity contribution < 1.29 is 9.66 Å². The number of hydrogen-bond acceptors (Lipinski definition) is 5. The van der Waals surface area contributed by atoms with Gasteiger partial charge in [-0.25, -0.2) is 0 Å². The Hall–Kier alpha value is -0.820. The van der Waals surface area contributed by atoms with Crippen LogP contribution in [0.3, 0.4) is 0 Å². The topological polar surface area (TPSA) is 58.9 Å². The molecule has 1 atom stereocenters. The van der Waals surface area contributed by atoms with Crippen molar-refractivity contribution in [3.05, 3.63) is 20.5 Å². The highest BCUT2D eigenvalue weighted by atomic mass is 79.9. The van der Waals surface area contributed by atoms with Crippen LogP contribution in [0, 0.1) is 16.0 Å². The van der Waals surface area contributed by atoms with Crippen molar-refractivity contribution in [2.45, 2.75) is 13.3 Å². The summed E-state index contributed by atoms with van der Waals surface area (Å²) < 4.78 is 5.36. The molecule has 0 radical (unpaired) electrons. The normalized spacial score (nSPS) is 20.6. The maximum absolute atomic E-state index is 10.9. The number of hydrogen-bond donors (Lipinski definition) is 0. The SMILES string of the molecule is CCN(CC1CCOC1)C(=C(Br)[N+](=O)[O-])N(C)C. The third kappa shape index (κ3) is 3.84. The van der Waals surface area contributed by atoms with Crippen molar-refractivity contribution in [1.82, 2.24) is 9.80 Å². The second-order valence-corrected chi connectivity index (χ2v) is 5.29. The first-order valence-electron chi connectivity index (χ1n) is 6.01. The highest BCUT2D eigenvalue weighted by molar-refractivity contribution is 9.11. The summed E-state index contributed by atoms with van der Waals surface area (Å²) in [4.78, 5) is 14.3. The van der Waals surface area contributed by atoms with Crippen molar-refractivity contribution >= 4 is 15.9 Å². The van der Waals surface area contributed by atoms with Gasteiger partial charge in [0.1, 0.15) is 0 Å².